The van der Waals surface area contributed by atoms with E-state index in [1.165, 1.54) is 0 Å². The third-order valence-corrected chi connectivity index (χ3v) is 6.05. The summed E-state index contributed by atoms with van der Waals surface area (Å²) in [5.41, 5.74) is 1.04. The van der Waals surface area contributed by atoms with Gasteiger partial charge in [-0.1, -0.05) is 64.8 Å². The molecular formula is C28H47N3O4. The number of amides is 3. The molecule has 0 aliphatic carbocycles. The monoisotopic (exact) mass is 489 g/mol. The van der Waals surface area contributed by atoms with Crippen molar-refractivity contribution in [3.63, 3.8) is 0 Å². The number of benzene rings is 1. The number of alkyl carbamates (subject to hydrolysis) is 1. The number of ether oxygens (including phenoxy) is 1. The number of rotatable bonds is 12. The highest BCUT2D eigenvalue weighted by molar-refractivity contribution is 5.92. The maximum Gasteiger partial charge on any atom is 0.408 e. The first kappa shape index (κ1) is 30.5. The van der Waals surface area contributed by atoms with Gasteiger partial charge in [0, 0.05) is 12.6 Å². The van der Waals surface area contributed by atoms with Crippen molar-refractivity contribution in [1.29, 1.82) is 0 Å². The van der Waals surface area contributed by atoms with Crippen LogP contribution in [0.5, 0.6) is 0 Å². The molecule has 0 saturated carbocycles. The van der Waals surface area contributed by atoms with Crippen LogP contribution in [0.15, 0.2) is 24.3 Å². The van der Waals surface area contributed by atoms with E-state index in [-0.39, 0.29) is 23.8 Å². The molecule has 4 atom stereocenters. The van der Waals surface area contributed by atoms with E-state index in [1.54, 1.807) is 25.7 Å². The fourth-order valence-corrected chi connectivity index (χ4v) is 4.07. The van der Waals surface area contributed by atoms with E-state index in [9.17, 15) is 14.4 Å². The van der Waals surface area contributed by atoms with Crippen LogP contribution in [0.1, 0.15) is 98.2 Å². The predicted octanol–water partition coefficient (Wildman–Crippen LogP) is 5.52. The number of carbonyl (C=O) groups is 3. The largest absolute Gasteiger partial charge is 0.444 e. The number of nitrogens with one attached hydrogen (secondary N) is 2. The molecule has 3 amide bonds. The lowest BCUT2D eigenvalue weighted by Gasteiger charge is -2.36. The Morgan fingerprint density at radius 3 is 2.14 bits per heavy atom. The summed E-state index contributed by atoms with van der Waals surface area (Å²) in [4.78, 5) is 42.0. The van der Waals surface area contributed by atoms with Crippen LogP contribution < -0.4 is 10.6 Å². The summed E-state index contributed by atoms with van der Waals surface area (Å²) in [5.74, 6) is -0.630. The van der Waals surface area contributed by atoms with Crippen LogP contribution in [0, 0.1) is 12.8 Å². The Kier molecular flexibility index (Phi) is 12.3. The van der Waals surface area contributed by atoms with Gasteiger partial charge in [-0.15, -0.1) is 0 Å². The molecule has 0 fully saturated rings. The number of aryl methyl sites for hydroxylation is 1. The second-order valence-electron chi connectivity index (χ2n) is 10.5. The summed E-state index contributed by atoms with van der Waals surface area (Å²) < 4.78 is 5.44. The standard InChI is InChI=1S/C28H47N3O4/c1-10-15-21(6)29-25(32)24(22-17-14-13-16-20(22)5)31(18-11-2)26(33)23(19(4)12-3)30-27(34)35-28(7,8)9/h13-14,16-17,19,21,23-24H,10-12,15,18H2,1-9H3,(H,29,32)(H,30,34). The summed E-state index contributed by atoms with van der Waals surface area (Å²) in [6.45, 7) is 17.6. The summed E-state index contributed by atoms with van der Waals surface area (Å²) >= 11 is 0. The Balaban J connectivity index is 3.47. The zero-order valence-corrected chi connectivity index (χ0v) is 23.2. The van der Waals surface area contributed by atoms with Crippen molar-refractivity contribution in [1.82, 2.24) is 15.5 Å². The van der Waals surface area contributed by atoms with Crippen molar-refractivity contribution < 1.29 is 19.1 Å². The van der Waals surface area contributed by atoms with Gasteiger partial charge in [0.05, 0.1) is 0 Å². The lowest BCUT2D eigenvalue weighted by molar-refractivity contribution is -0.143. The number of hydrogen-bond donors (Lipinski definition) is 2. The molecule has 0 radical (unpaired) electrons. The van der Waals surface area contributed by atoms with Crippen molar-refractivity contribution in [2.45, 2.75) is 112 Å². The minimum absolute atomic E-state index is 0.0113. The van der Waals surface area contributed by atoms with Gasteiger partial charge in [0.15, 0.2) is 0 Å². The van der Waals surface area contributed by atoms with Gasteiger partial charge in [0.1, 0.15) is 17.7 Å². The first-order chi connectivity index (χ1) is 16.4. The first-order valence-electron chi connectivity index (χ1n) is 13.0. The number of nitrogens with zero attached hydrogens (tertiary/aromatic N) is 1. The van der Waals surface area contributed by atoms with Gasteiger partial charge < -0.3 is 20.3 Å². The molecule has 0 bridgehead atoms. The maximum atomic E-state index is 14.1. The molecule has 1 aromatic rings. The van der Waals surface area contributed by atoms with Crippen LogP contribution in [0.3, 0.4) is 0 Å². The van der Waals surface area contributed by atoms with E-state index >= 15 is 0 Å². The summed E-state index contributed by atoms with van der Waals surface area (Å²) in [6, 6.07) is 6.04. The zero-order valence-electron chi connectivity index (χ0n) is 23.2. The van der Waals surface area contributed by atoms with Gasteiger partial charge >= 0.3 is 6.09 Å². The molecule has 35 heavy (non-hydrogen) atoms. The molecule has 0 spiro atoms. The van der Waals surface area contributed by atoms with Crippen LogP contribution in [0.2, 0.25) is 0 Å². The molecular weight excluding hydrogens is 442 g/mol. The molecule has 0 aliphatic heterocycles. The minimum Gasteiger partial charge on any atom is -0.444 e. The average Bonchev–Trinajstić information content (AvgIpc) is 2.76. The summed E-state index contributed by atoms with van der Waals surface area (Å²) in [6.07, 6.45) is 2.52. The van der Waals surface area contributed by atoms with Crippen molar-refractivity contribution in [3.8, 4) is 0 Å². The van der Waals surface area contributed by atoms with E-state index in [0.29, 0.717) is 19.4 Å². The van der Waals surface area contributed by atoms with Crippen LogP contribution in [-0.2, 0) is 14.3 Å². The van der Waals surface area contributed by atoms with E-state index in [4.69, 9.17) is 4.74 Å². The Morgan fingerprint density at radius 2 is 1.63 bits per heavy atom. The Labute approximate surface area is 212 Å². The maximum absolute atomic E-state index is 14.1. The molecule has 198 valence electrons. The van der Waals surface area contributed by atoms with Crippen LogP contribution in [0.25, 0.3) is 0 Å². The highest BCUT2D eigenvalue weighted by atomic mass is 16.6. The molecule has 1 aromatic carbocycles. The number of carbonyl (C=O) groups excluding carboxylic acids is 3. The molecule has 7 nitrogen and oxygen atoms in total. The lowest BCUT2D eigenvalue weighted by Crippen LogP contribution is -2.55. The lowest BCUT2D eigenvalue weighted by atomic mass is 9.94. The van der Waals surface area contributed by atoms with E-state index in [0.717, 1.165) is 24.0 Å². The minimum atomic E-state index is -0.811. The Bertz CT molecular complexity index is 834. The fourth-order valence-electron chi connectivity index (χ4n) is 4.07. The zero-order chi connectivity index (χ0) is 26.8. The third-order valence-electron chi connectivity index (χ3n) is 6.05. The normalized spacial score (nSPS) is 14.9. The van der Waals surface area contributed by atoms with Gasteiger partial charge in [-0.3, -0.25) is 9.59 Å². The molecule has 0 aliphatic rings. The van der Waals surface area contributed by atoms with E-state index < -0.39 is 23.8 Å². The molecule has 4 unspecified atom stereocenters. The third kappa shape index (κ3) is 9.54. The highest BCUT2D eigenvalue weighted by Crippen LogP contribution is 2.27. The molecule has 7 heteroatoms. The fraction of sp³-hybridized carbons (Fsp3) is 0.679. The van der Waals surface area contributed by atoms with Gasteiger partial charge in [0.2, 0.25) is 11.8 Å². The van der Waals surface area contributed by atoms with Crippen molar-refractivity contribution in [2.24, 2.45) is 5.92 Å². The Hall–Kier alpha value is -2.57. The topological polar surface area (TPSA) is 87.7 Å². The molecule has 0 aromatic heterocycles. The summed E-state index contributed by atoms with van der Waals surface area (Å²) in [7, 11) is 0. The first-order valence-corrected chi connectivity index (χ1v) is 13.0. The van der Waals surface area contributed by atoms with Gasteiger partial charge in [-0.05, 0) is 64.5 Å². The van der Waals surface area contributed by atoms with Gasteiger partial charge in [0.25, 0.3) is 0 Å². The second kappa shape index (κ2) is 14.1. The van der Waals surface area contributed by atoms with Gasteiger partial charge in [-0.2, -0.15) is 0 Å². The Morgan fingerprint density at radius 1 is 1.00 bits per heavy atom. The highest BCUT2D eigenvalue weighted by Gasteiger charge is 2.38. The molecule has 0 heterocycles. The number of hydrogen-bond acceptors (Lipinski definition) is 4. The van der Waals surface area contributed by atoms with Crippen LogP contribution >= 0.6 is 0 Å². The van der Waals surface area contributed by atoms with Gasteiger partial charge in [-0.25, -0.2) is 4.79 Å². The van der Waals surface area contributed by atoms with E-state index in [2.05, 4.69) is 17.6 Å². The van der Waals surface area contributed by atoms with Crippen molar-refractivity contribution in [3.05, 3.63) is 35.4 Å². The quantitative estimate of drug-likeness (QED) is 0.405. The molecule has 1 rings (SSSR count). The second-order valence-corrected chi connectivity index (χ2v) is 10.5. The van der Waals surface area contributed by atoms with E-state index in [1.807, 2.05) is 58.9 Å². The average molecular weight is 490 g/mol. The van der Waals surface area contributed by atoms with Crippen LogP contribution in [-0.4, -0.2) is 47.0 Å². The van der Waals surface area contributed by atoms with Crippen molar-refractivity contribution >= 4 is 17.9 Å². The van der Waals surface area contributed by atoms with Crippen molar-refractivity contribution in [2.75, 3.05) is 6.54 Å². The predicted molar refractivity (Wildman–Crippen MR) is 141 cm³/mol. The van der Waals surface area contributed by atoms with Crippen LogP contribution in [0.4, 0.5) is 4.79 Å². The SMILES string of the molecule is CCCC(C)NC(=O)C(c1ccccc1C)N(CCC)C(=O)C(NC(=O)OC(C)(C)C)C(C)CC. The molecule has 0 saturated heterocycles. The smallest absolute Gasteiger partial charge is 0.408 e. The molecule has 2 N–H and O–H groups in total. The summed E-state index contributed by atoms with van der Waals surface area (Å²) in [5, 5.41) is 5.91.